The minimum absolute atomic E-state index is 0.142. The van der Waals surface area contributed by atoms with E-state index in [-0.39, 0.29) is 11.6 Å². The average molecular weight is 233 g/mol. The van der Waals surface area contributed by atoms with Crippen molar-refractivity contribution in [2.45, 2.75) is 6.54 Å². The summed E-state index contributed by atoms with van der Waals surface area (Å²) < 4.78 is 18.6. The van der Waals surface area contributed by atoms with Crippen LogP contribution in [-0.2, 0) is 6.54 Å². The maximum absolute atomic E-state index is 13.3. The van der Waals surface area contributed by atoms with Gasteiger partial charge in [0.05, 0.1) is 5.69 Å². The van der Waals surface area contributed by atoms with Gasteiger partial charge in [-0.05, 0) is 25.2 Å². The standard InChI is InChI=1S/C12H12FN3O/c1-14-8-9-6-7-12(16-15-9)17-11-5-3-2-4-10(11)13/h2-7,14H,8H2,1H3. The van der Waals surface area contributed by atoms with Gasteiger partial charge < -0.3 is 10.1 Å². The van der Waals surface area contributed by atoms with Crippen molar-refractivity contribution in [1.82, 2.24) is 15.5 Å². The maximum Gasteiger partial charge on any atom is 0.239 e. The van der Waals surface area contributed by atoms with Crippen molar-refractivity contribution >= 4 is 0 Å². The van der Waals surface area contributed by atoms with E-state index in [4.69, 9.17) is 4.74 Å². The topological polar surface area (TPSA) is 47.0 Å². The second-order valence-corrected chi connectivity index (χ2v) is 3.43. The van der Waals surface area contributed by atoms with Gasteiger partial charge in [0.25, 0.3) is 0 Å². The summed E-state index contributed by atoms with van der Waals surface area (Å²) in [4.78, 5) is 0. The van der Waals surface area contributed by atoms with E-state index in [0.29, 0.717) is 6.54 Å². The first-order valence-corrected chi connectivity index (χ1v) is 5.19. The molecule has 4 nitrogen and oxygen atoms in total. The van der Waals surface area contributed by atoms with E-state index in [1.807, 2.05) is 7.05 Å². The highest BCUT2D eigenvalue weighted by molar-refractivity contribution is 5.28. The smallest absolute Gasteiger partial charge is 0.239 e. The molecule has 0 aliphatic rings. The van der Waals surface area contributed by atoms with Gasteiger partial charge in [-0.2, -0.15) is 5.10 Å². The van der Waals surface area contributed by atoms with Gasteiger partial charge in [-0.3, -0.25) is 0 Å². The number of hydrogen-bond donors (Lipinski definition) is 1. The zero-order valence-corrected chi connectivity index (χ0v) is 9.35. The molecule has 1 heterocycles. The molecule has 88 valence electrons. The molecule has 0 saturated heterocycles. The van der Waals surface area contributed by atoms with Gasteiger partial charge in [0.2, 0.25) is 5.88 Å². The van der Waals surface area contributed by atoms with Gasteiger partial charge in [0.1, 0.15) is 0 Å². The maximum atomic E-state index is 13.3. The van der Waals surface area contributed by atoms with E-state index >= 15 is 0 Å². The quantitative estimate of drug-likeness (QED) is 0.878. The molecule has 0 aliphatic carbocycles. The lowest BCUT2D eigenvalue weighted by Gasteiger charge is -2.05. The number of hydrogen-bond acceptors (Lipinski definition) is 4. The molecule has 0 amide bonds. The van der Waals surface area contributed by atoms with E-state index in [1.165, 1.54) is 6.07 Å². The summed E-state index contributed by atoms with van der Waals surface area (Å²) in [6, 6.07) is 9.60. The number of benzene rings is 1. The molecule has 0 unspecified atom stereocenters. The molecule has 0 spiro atoms. The number of nitrogens with one attached hydrogen (secondary N) is 1. The fourth-order valence-electron chi connectivity index (χ4n) is 1.32. The number of para-hydroxylation sites is 1. The van der Waals surface area contributed by atoms with Crippen molar-refractivity contribution in [3.8, 4) is 11.6 Å². The molecular weight excluding hydrogens is 221 g/mol. The van der Waals surface area contributed by atoms with E-state index in [2.05, 4.69) is 15.5 Å². The highest BCUT2D eigenvalue weighted by Gasteiger charge is 2.04. The van der Waals surface area contributed by atoms with Gasteiger partial charge in [-0.25, -0.2) is 4.39 Å². The van der Waals surface area contributed by atoms with E-state index in [9.17, 15) is 4.39 Å². The SMILES string of the molecule is CNCc1ccc(Oc2ccccc2F)nn1. The van der Waals surface area contributed by atoms with E-state index < -0.39 is 5.82 Å². The number of nitrogens with zero attached hydrogens (tertiary/aromatic N) is 2. The van der Waals surface area contributed by atoms with Crippen molar-refractivity contribution in [2.24, 2.45) is 0 Å². The summed E-state index contributed by atoms with van der Waals surface area (Å²) in [5.41, 5.74) is 0.799. The van der Waals surface area contributed by atoms with Crippen molar-refractivity contribution in [3.63, 3.8) is 0 Å². The minimum Gasteiger partial charge on any atom is -0.434 e. The Balaban J connectivity index is 2.11. The lowest BCUT2D eigenvalue weighted by molar-refractivity contribution is 0.421. The molecule has 2 rings (SSSR count). The Kier molecular flexibility index (Phi) is 3.62. The van der Waals surface area contributed by atoms with Crippen LogP contribution in [0.1, 0.15) is 5.69 Å². The molecule has 5 heteroatoms. The molecule has 0 atom stereocenters. The van der Waals surface area contributed by atoms with Gasteiger partial charge >= 0.3 is 0 Å². The molecule has 0 fully saturated rings. The molecule has 0 aliphatic heterocycles. The van der Waals surface area contributed by atoms with Crippen LogP contribution >= 0.6 is 0 Å². The first-order chi connectivity index (χ1) is 8.29. The third-order valence-electron chi connectivity index (χ3n) is 2.10. The fraction of sp³-hybridized carbons (Fsp3) is 0.167. The second-order valence-electron chi connectivity index (χ2n) is 3.43. The van der Waals surface area contributed by atoms with Crippen LogP contribution in [0.2, 0.25) is 0 Å². The predicted octanol–water partition coefficient (Wildman–Crippen LogP) is 2.13. The lowest BCUT2D eigenvalue weighted by atomic mass is 10.3. The monoisotopic (exact) mass is 233 g/mol. The molecule has 1 aromatic heterocycles. The minimum atomic E-state index is -0.423. The Bertz CT molecular complexity index is 487. The van der Waals surface area contributed by atoms with Crippen LogP contribution in [0.15, 0.2) is 36.4 Å². The highest BCUT2D eigenvalue weighted by atomic mass is 19.1. The first-order valence-electron chi connectivity index (χ1n) is 5.19. The number of halogens is 1. The average Bonchev–Trinajstić information content (AvgIpc) is 2.35. The molecule has 0 bridgehead atoms. The third kappa shape index (κ3) is 2.98. The lowest BCUT2D eigenvalue weighted by Crippen LogP contribution is -2.07. The summed E-state index contributed by atoms with van der Waals surface area (Å²) in [6.45, 7) is 0.632. The highest BCUT2D eigenvalue weighted by Crippen LogP contribution is 2.21. The molecular formula is C12H12FN3O. The summed E-state index contributed by atoms with van der Waals surface area (Å²) >= 11 is 0. The molecule has 17 heavy (non-hydrogen) atoms. The van der Waals surface area contributed by atoms with Crippen LogP contribution in [0.4, 0.5) is 4.39 Å². The predicted molar refractivity (Wildman–Crippen MR) is 61.3 cm³/mol. The molecule has 0 radical (unpaired) electrons. The largest absolute Gasteiger partial charge is 0.434 e. The van der Waals surface area contributed by atoms with Crippen LogP contribution < -0.4 is 10.1 Å². The number of rotatable bonds is 4. The van der Waals surface area contributed by atoms with Crippen LogP contribution in [0.3, 0.4) is 0 Å². The van der Waals surface area contributed by atoms with Crippen molar-refractivity contribution < 1.29 is 9.13 Å². The van der Waals surface area contributed by atoms with Gasteiger partial charge in [0.15, 0.2) is 11.6 Å². The fourth-order valence-corrected chi connectivity index (χ4v) is 1.32. The van der Waals surface area contributed by atoms with E-state index in [0.717, 1.165) is 5.69 Å². The summed E-state index contributed by atoms with van der Waals surface area (Å²) in [7, 11) is 1.82. The zero-order valence-electron chi connectivity index (χ0n) is 9.35. The summed E-state index contributed by atoms with van der Waals surface area (Å²) in [6.07, 6.45) is 0. The van der Waals surface area contributed by atoms with Gasteiger partial charge in [-0.15, -0.1) is 5.10 Å². The van der Waals surface area contributed by atoms with Crippen molar-refractivity contribution in [1.29, 1.82) is 0 Å². The first kappa shape index (κ1) is 11.5. The normalized spacial score (nSPS) is 10.2. The van der Waals surface area contributed by atoms with Gasteiger partial charge in [0, 0.05) is 12.6 Å². The summed E-state index contributed by atoms with van der Waals surface area (Å²) in [5.74, 6) is -0.00767. The van der Waals surface area contributed by atoms with Crippen molar-refractivity contribution in [2.75, 3.05) is 7.05 Å². The summed E-state index contributed by atoms with van der Waals surface area (Å²) in [5, 5.41) is 10.7. The van der Waals surface area contributed by atoms with Gasteiger partial charge in [-0.1, -0.05) is 12.1 Å². The van der Waals surface area contributed by atoms with Crippen LogP contribution in [0, 0.1) is 5.82 Å². The zero-order chi connectivity index (χ0) is 12.1. The van der Waals surface area contributed by atoms with Crippen LogP contribution in [0.25, 0.3) is 0 Å². The molecule has 1 N–H and O–H groups in total. The molecule has 0 saturated carbocycles. The Morgan fingerprint density at radius 3 is 2.65 bits per heavy atom. The molecule has 2 aromatic rings. The van der Waals surface area contributed by atoms with E-state index in [1.54, 1.807) is 30.3 Å². The van der Waals surface area contributed by atoms with Crippen LogP contribution in [-0.4, -0.2) is 17.2 Å². The number of ether oxygens (including phenoxy) is 1. The number of aromatic nitrogens is 2. The van der Waals surface area contributed by atoms with Crippen molar-refractivity contribution in [3.05, 3.63) is 47.9 Å². The Morgan fingerprint density at radius 1 is 1.18 bits per heavy atom. The Morgan fingerprint density at radius 2 is 2.00 bits per heavy atom. The third-order valence-corrected chi connectivity index (χ3v) is 2.10. The Hall–Kier alpha value is -2.01. The second kappa shape index (κ2) is 5.36. The molecule has 1 aromatic carbocycles. The van der Waals surface area contributed by atoms with Crippen LogP contribution in [0.5, 0.6) is 11.6 Å². The Labute approximate surface area is 98.5 Å².